The highest BCUT2D eigenvalue weighted by Crippen LogP contribution is 2.24. The molecule has 0 bridgehead atoms. The quantitative estimate of drug-likeness (QED) is 0.480. The van der Waals surface area contributed by atoms with Gasteiger partial charge in [-0.1, -0.05) is 42.5 Å². The largest absolute Gasteiger partial charge is 0.480 e. The maximum Gasteiger partial charge on any atom is 0.343 e. The van der Waals surface area contributed by atoms with E-state index in [1.54, 1.807) is 54.6 Å². The van der Waals surface area contributed by atoms with Crippen molar-refractivity contribution in [1.82, 2.24) is 0 Å². The molecular formula is C18H17NO5. The molecule has 2 aromatic carbocycles. The van der Waals surface area contributed by atoms with Crippen molar-refractivity contribution in [1.29, 1.82) is 0 Å². The lowest BCUT2D eigenvalue weighted by atomic mass is 10.1. The lowest BCUT2D eigenvalue weighted by Gasteiger charge is -2.11. The third-order valence-electron chi connectivity index (χ3n) is 3.15. The van der Waals surface area contributed by atoms with E-state index in [1.807, 2.05) is 0 Å². The summed E-state index contributed by atoms with van der Waals surface area (Å²) in [5.41, 5.74) is 0.857. The highest BCUT2D eigenvalue weighted by atomic mass is 16.6. The van der Waals surface area contributed by atoms with Crippen LogP contribution in [0.1, 0.15) is 16.8 Å². The van der Waals surface area contributed by atoms with E-state index >= 15 is 0 Å². The highest BCUT2D eigenvalue weighted by Gasteiger charge is 2.14. The zero-order chi connectivity index (χ0) is 17.4. The molecule has 0 aromatic heterocycles. The van der Waals surface area contributed by atoms with Crippen LogP contribution in [0.4, 0.5) is 5.69 Å². The first kappa shape index (κ1) is 17.2. The number of esters is 1. The van der Waals surface area contributed by atoms with Crippen molar-refractivity contribution < 1.29 is 23.9 Å². The Balaban J connectivity index is 1.99. The fourth-order valence-corrected chi connectivity index (χ4v) is 1.96. The Kier molecular flexibility index (Phi) is 6.08. The molecule has 0 heterocycles. The number of para-hydroxylation sites is 2. The molecular weight excluding hydrogens is 310 g/mol. The average Bonchev–Trinajstić information content (AvgIpc) is 2.61. The van der Waals surface area contributed by atoms with Gasteiger partial charge in [-0.15, -0.1) is 0 Å². The van der Waals surface area contributed by atoms with E-state index in [0.717, 1.165) is 0 Å². The molecule has 2 aromatic rings. The molecule has 1 N–H and O–H groups in total. The van der Waals surface area contributed by atoms with Gasteiger partial charge in [0.2, 0.25) is 5.91 Å². The summed E-state index contributed by atoms with van der Waals surface area (Å²) in [6, 6.07) is 15.2. The van der Waals surface area contributed by atoms with Crippen LogP contribution >= 0.6 is 0 Å². The molecule has 0 radical (unpaired) electrons. The summed E-state index contributed by atoms with van der Waals surface area (Å²) in [5, 5.41) is 2.62. The molecule has 0 saturated heterocycles. The minimum atomic E-state index is -0.532. The predicted octanol–water partition coefficient (Wildman–Crippen LogP) is 2.45. The summed E-state index contributed by atoms with van der Waals surface area (Å²) in [6.45, 7) is -0.271. The van der Waals surface area contributed by atoms with E-state index < -0.39 is 11.9 Å². The summed E-state index contributed by atoms with van der Waals surface area (Å²) in [6.07, 6.45) is -0.282. The number of benzene rings is 2. The van der Waals surface area contributed by atoms with Gasteiger partial charge >= 0.3 is 5.97 Å². The van der Waals surface area contributed by atoms with Crippen LogP contribution in [-0.2, 0) is 14.3 Å². The van der Waals surface area contributed by atoms with Crippen LogP contribution in [0.15, 0.2) is 54.6 Å². The first-order valence-electron chi connectivity index (χ1n) is 7.27. The number of amides is 1. The Morgan fingerprint density at radius 2 is 1.62 bits per heavy atom. The van der Waals surface area contributed by atoms with Gasteiger partial charge in [-0.25, -0.2) is 4.79 Å². The van der Waals surface area contributed by atoms with Crippen LogP contribution in [0.2, 0.25) is 0 Å². The molecule has 6 heteroatoms. The second kappa shape index (κ2) is 8.47. The fraction of sp³-hybridized carbons (Fsp3) is 0.167. The lowest BCUT2D eigenvalue weighted by Crippen LogP contribution is -2.18. The van der Waals surface area contributed by atoms with Gasteiger partial charge in [0, 0.05) is 5.56 Å². The Hall–Kier alpha value is -3.15. The van der Waals surface area contributed by atoms with E-state index in [0.29, 0.717) is 17.0 Å². The zero-order valence-electron chi connectivity index (χ0n) is 13.2. The number of hydrogen-bond donors (Lipinski definition) is 1. The summed E-state index contributed by atoms with van der Waals surface area (Å²) in [4.78, 5) is 35.2. The second-order valence-electron chi connectivity index (χ2n) is 4.88. The van der Waals surface area contributed by atoms with Gasteiger partial charge in [0.15, 0.2) is 12.4 Å². The Morgan fingerprint density at radius 3 is 2.33 bits per heavy atom. The van der Waals surface area contributed by atoms with Crippen LogP contribution in [0.3, 0.4) is 0 Å². The summed E-state index contributed by atoms with van der Waals surface area (Å²) in [5.74, 6) is -0.946. The average molecular weight is 327 g/mol. The third kappa shape index (κ3) is 4.95. The summed E-state index contributed by atoms with van der Waals surface area (Å²) < 4.78 is 9.80. The van der Waals surface area contributed by atoms with Crippen LogP contribution in [-0.4, -0.2) is 31.4 Å². The molecule has 124 valence electrons. The molecule has 1 amide bonds. The number of ketones is 1. The molecule has 0 spiro atoms. The monoisotopic (exact) mass is 327 g/mol. The van der Waals surface area contributed by atoms with Gasteiger partial charge in [0.05, 0.1) is 19.2 Å². The molecule has 0 fully saturated rings. The Morgan fingerprint density at radius 1 is 0.958 bits per heavy atom. The van der Waals surface area contributed by atoms with Crippen LogP contribution in [0, 0.1) is 0 Å². The van der Waals surface area contributed by atoms with Crippen LogP contribution < -0.4 is 10.1 Å². The third-order valence-corrected chi connectivity index (χ3v) is 3.15. The number of anilines is 1. The number of carbonyl (C=O) groups is 3. The number of hydrogen-bond acceptors (Lipinski definition) is 5. The molecule has 0 atom stereocenters. The van der Waals surface area contributed by atoms with Gasteiger partial charge in [-0.3, -0.25) is 9.59 Å². The SMILES string of the molecule is COC(=O)COc1ccccc1NC(=O)CC(=O)c1ccccc1. The topological polar surface area (TPSA) is 81.7 Å². The number of Topliss-reactive ketones (excluding diaryl/α,β-unsaturated/α-hetero) is 1. The van der Waals surface area contributed by atoms with Gasteiger partial charge in [-0.05, 0) is 12.1 Å². The molecule has 24 heavy (non-hydrogen) atoms. The first-order chi connectivity index (χ1) is 11.6. The van der Waals surface area contributed by atoms with Gasteiger partial charge in [0.1, 0.15) is 5.75 Å². The summed E-state index contributed by atoms with van der Waals surface area (Å²) >= 11 is 0. The number of rotatable bonds is 7. The van der Waals surface area contributed by atoms with Crippen LogP contribution in [0.25, 0.3) is 0 Å². The number of carbonyl (C=O) groups excluding carboxylic acids is 3. The Labute approximate surface area is 139 Å². The van der Waals surface area contributed by atoms with E-state index in [9.17, 15) is 14.4 Å². The fourth-order valence-electron chi connectivity index (χ4n) is 1.96. The maximum atomic E-state index is 12.1. The lowest BCUT2D eigenvalue weighted by molar-refractivity contribution is -0.142. The van der Waals surface area contributed by atoms with Crippen molar-refractivity contribution in [3.63, 3.8) is 0 Å². The smallest absolute Gasteiger partial charge is 0.343 e. The van der Waals surface area contributed by atoms with Gasteiger partial charge in [0.25, 0.3) is 0 Å². The minimum absolute atomic E-state index is 0.271. The predicted molar refractivity (Wildman–Crippen MR) is 88.0 cm³/mol. The first-order valence-corrected chi connectivity index (χ1v) is 7.27. The number of methoxy groups -OCH3 is 1. The van der Waals surface area contributed by atoms with E-state index in [1.165, 1.54) is 7.11 Å². The zero-order valence-corrected chi connectivity index (χ0v) is 13.2. The molecule has 0 saturated carbocycles. The van der Waals surface area contributed by atoms with E-state index in [2.05, 4.69) is 10.1 Å². The normalized spacial score (nSPS) is 9.88. The molecule has 6 nitrogen and oxygen atoms in total. The van der Waals surface area contributed by atoms with Crippen LogP contribution in [0.5, 0.6) is 5.75 Å². The van der Waals surface area contributed by atoms with Crippen molar-refractivity contribution in [2.75, 3.05) is 19.0 Å². The maximum absolute atomic E-state index is 12.1. The van der Waals surface area contributed by atoms with Gasteiger partial charge in [-0.2, -0.15) is 0 Å². The molecule has 0 aliphatic rings. The van der Waals surface area contributed by atoms with Crippen molar-refractivity contribution in [2.24, 2.45) is 0 Å². The molecule has 0 aliphatic carbocycles. The van der Waals surface area contributed by atoms with Crippen molar-refractivity contribution in [2.45, 2.75) is 6.42 Å². The van der Waals surface area contributed by atoms with Crippen molar-refractivity contribution >= 4 is 23.3 Å². The van der Waals surface area contributed by atoms with Crippen molar-refractivity contribution in [3.8, 4) is 5.75 Å². The summed E-state index contributed by atoms with van der Waals surface area (Å²) in [7, 11) is 1.26. The molecule has 0 aliphatic heterocycles. The minimum Gasteiger partial charge on any atom is -0.480 e. The standard InChI is InChI=1S/C18H17NO5/c1-23-18(22)12-24-16-10-6-5-9-14(16)19-17(21)11-15(20)13-7-3-2-4-8-13/h2-10H,11-12H2,1H3,(H,19,21). The second-order valence-corrected chi connectivity index (χ2v) is 4.88. The highest BCUT2D eigenvalue weighted by molar-refractivity contribution is 6.11. The number of nitrogens with one attached hydrogen (secondary N) is 1. The Bertz CT molecular complexity index is 727. The van der Waals surface area contributed by atoms with Crippen molar-refractivity contribution in [3.05, 3.63) is 60.2 Å². The van der Waals surface area contributed by atoms with E-state index in [-0.39, 0.29) is 18.8 Å². The van der Waals surface area contributed by atoms with E-state index in [4.69, 9.17) is 4.74 Å². The molecule has 0 unspecified atom stereocenters. The van der Waals surface area contributed by atoms with Gasteiger partial charge < -0.3 is 14.8 Å². The molecule has 2 rings (SSSR count). The number of ether oxygens (including phenoxy) is 2.